The van der Waals surface area contributed by atoms with Gasteiger partial charge in [0, 0.05) is 24.1 Å². The average Bonchev–Trinajstić information content (AvgIpc) is 3.25. The van der Waals surface area contributed by atoms with E-state index in [0.717, 1.165) is 42.5 Å². The van der Waals surface area contributed by atoms with Gasteiger partial charge < -0.3 is 14.8 Å². The van der Waals surface area contributed by atoms with Gasteiger partial charge in [-0.15, -0.1) is 0 Å². The number of hydrogen-bond donors (Lipinski definition) is 1. The van der Waals surface area contributed by atoms with Crippen molar-refractivity contribution < 1.29 is 23.5 Å². The molecule has 0 bridgehead atoms. The number of cyclic esters (lactones) is 1. The highest BCUT2D eigenvalue weighted by molar-refractivity contribution is 5.92. The smallest absolute Gasteiger partial charge is 0.409 e. The van der Waals surface area contributed by atoms with Crippen LogP contribution in [0.4, 0.5) is 9.18 Å². The summed E-state index contributed by atoms with van der Waals surface area (Å²) in [5.41, 5.74) is 0.163. The third-order valence-corrected chi connectivity index (χ3v) is 8.42. The molecule has 2 aliphatic carbocycles. The fourth-order valence-electron chi connectivity index (χ4n) is 6.95. The SMILES string of the molecule is C[C@H]1OC(=O)[C@]23C[C@@H]4CCCC[C@H]4[C@H](/C=C/c4ccc(-c5cccc(F)c5)cn4)[C@]12NC(=O)O3. The lowest BCUT2D eigenvalue weighted by molar-refractivity contribution is -0.159. The van der Waals surface area contributed by atoms with Crippen LogP contribution in [0.25, 0.3) is 17.2 Å². The molecule has 1 aromatic heterocycles. The Morgan fingerprint density at radius 3 is 2.79 bits per heavy atom. The lowest BCUT2D eigenvalue weighted by Gasteiger charge is -2.53. The molecule has 1 N–H and O–H groups in total. The summed E-state index contributed by atoms with van der Waals surface area (Å²) in [5.74, 6) is -0.219. The maximum atomic E-state index is 13.6. The van der Waals surface area contributed by atoms with Crippen LogP contribution in [0.15, 0.2) is 48.7 Å². The molecule has 2 aliphatic heterocycles. The van der Waals surface area contributed by atoms with Crippen LogP contribution >= 0.6 is 0 Å². The lowest BCUT2D eigenvalue weighted by atomic mass is 9.52. The minimum absolute atomic E-state index is 0.121. The van der Waals surface area contributed by atoms with E-state index in [0.29, 0.717) is 18.3 Å². The Bertz CT molecular complexity index is 1180. The van der Waals surface area contributed by atoms with Crippen LogP contribution in [0.2, 0.25) is 0 Å². The van der Waals surface area contributed by atoms with Crippen molar-refractivity contribution in [3.05, 3.63) is 60.2 Å². The second kappa shape index (κ2) is 7.65. The molecule has 6 nitrogen and oxygen atoms in total. The molecule has 0 spiro atoms. The van der Waals surface area contributed by atoms with Crippen molar-refractivity contribution in [1.29, 1.82) is 0 Å². The number of pyridine rings is 1. The number of alkyl carbamates (subject to hydrolysis) is 1. The highest BCUT2D eigenvalue weighted by Crippen LogP contribution is 2.60. The maximum Gasteiger partial charge on any atom is 0.409 e. The van der Waals surface area contributed by atoms with E-state index in [-0.39, 0.29) is 11.7 Å². The number of aromatic nitrogens is 1. The van der Waals surface area contributed by atoms with Crippen LogP contribution in [0.5, 0.6) is 0 Å². The van der Waals surface area contributed by atoms with E-state index in [1.54, 1.807) is 12.3 Å². The van der Waals surface area contributed by atoms with Gasteiger partial charge in [0.15, 0.2) is 0 Å². The van der Waals surface area contributed by atoms with Crippen molar-refractivity contribution in [2.75, 3.05) is 0 Å². The molecule has 34 heavy (non-hydrogen) atoms. The molecular formula is C27H27FN2O4. The van der Waals surface area contributed by atoms with Crippen LogP contribution in [0.3, 0.4) is 0 Å². The van der Waals surface area contributed by atoms with Crippen LogP contribution in [-0.4, -0.2) is 34.3 Å². The second-order valence-electron chi connectivity index (χ2n) is 10.0. The van der Waals surface area contributed by atoms with Gasteiger partial charge in [0.1, 0.15) is 17.5 Å². The normalized spacial score (nSPS) is 36.3. The Balaban J connectivity index is 1.36. The van der Waals surface area contributed by atoms with Gasteiger partial charge in [-0.2, -0.15) is 0 Å². The first-order valence-electron chi connectivity index (χ1n) is 12.1. The molecule has 2 saturated carbocycles. The summed E-state index contributed by atoms with van der Waals surface area (Å²) in [6.45, 7) is 1.85. The molecule has 2 saturated heterocycles. The molecule has 4 fully saturated rings. The van der Waals surface area contributed by atoms with E-state index in [4.69, 9.17) is 9.47 Å². The van der Waals surface area contributed by atoms with E-state index >= 15 is 0 Å². The number of rotatable bonds is 3. The molecule has 0 unspecified atom stereocenters. The Morgan fingerprint density at radius 2 is 2.00 bits per heavy atom. The molecule has 4 aliphatic rings. The van der Waals surface area contributed by atoms with Crippen LogP contribution < -0.4 is 5.32 Å². The molecule has 6 atom stereocenters. The van der Waals surface area contributed by atoms with Crippen molar-refractivity contribution in [2.24, 2.45) is 17.8 Å². The first-order valence-corrected chi connectivity index (χ1v) is 12.1. The average molecular weight is 463 g/mol. The van der Waals surface area contributed by atoms with E-state index < -0.39 is 29.3 Å². The number of amides is 1. The summed E-state index contributed by atoms with van der Waals surface area (Å²) in [6, 6.07) is 10.2. The molecule has 3 heterocycles. The van der Waals surface area contributed by atoms with Crippen molar-refractivity contribution >= 4 is 18.1 Å². The van der Waals surface area contributed by atoms with Gasteiger partial charge in [-0.05, 0) is 61.4 Å². The number of fused-ring (bicyclic) bond motifs is 1. The number of ether oxygens (including phenoxy) is 2. The summed E-state index contributed by atoms with van der Waals surface area (Å²) in [6.07, 6.45) is 9.57. The summed E-state index contributed by atoms with van der Waals surface area (Å²) in [5, 5.41) is 3.04. The van der Waals surface area contributed by atoms with Crippen LogP contribution in [-0.2, 0) is 14.3 Å². The van der Waals surface area contributed by atoms with Crippen LogP contribution in [0, 0.1) is 23.6 Å². The van der Waals surface area contributed by atoms with Crippen molar-refractivity contribution in [1.82, 2.24) is 10.3 Å². The number of halogens is 1. The Kier molecular flexibility index (Phi) is 4.80. The fraction of sp³-hybridized carbons (Fsp3) is 0.444. The van der Waals surface area contributed by atoms with Gasteiger partial charge in [-0.1, -0.05) is 37.1 Å². The molecule has 7 heteroatoms. The molecule has 0 radical (unpaired) electrons. The van der Waals surface area contributed by atoms with Gasteiger partial charge >= 0.3 is 12.1 Å². The zero-order chi connectivity index (χ0) is 23.5. The first kappa shape index (κ1) is 21.3. The molecule has 176 valence electrons. The van der Waals surface area contributed by atoms with Gasteiger partial charge in [0.05, 0.1) is 5.69 Å². The molecule has 1 amide bonds. The monoisotopic (exact) mass is 462 g/mol. The molecular weight excluding hydrogens is 435 g/mol. The van der Waals surface area contributed by atoms with Crippen LogP contribution in [0.1, 0.15) is 44.7 Å². The largest absolute Gasteiger partial charge is 0.457 e. The van der Waals surface area contributed by atoms with Crippen molar-refractivity contribution in [3.63, 3.8) is 0 Å². The topological polar surface area (TPSA) is 77.5 Å². The third kappa shape index (κ3) is 2.95. The van der Waals surface area contributed by atoms with Crippen molar-refractivity contribution in [2.45, 2.75) is 56.3 Å². The van der Waals surface area contributed by atoms with Crippen molar-refractivity contribution in [3.8, 4) is 11.1 Å². The summed E-state index contributed by atoms with van der Waals surface area (Å²) >= 11 is 0. The third-order valence-electron chi connectivity index (χ3n) is 8.42. The molecule has 2 aromatic rings. The number of hydrogen-bond acceptors (Lipinski definition) is 5. The van der Waals surface area contributed by atoms with Gasteiger partial charge in [0.2, 0.25) is 5.60 Å². The zero-order valence-corrected chi connectivity index (χ0v) is 19.0. The first-order chi connectivity index (χ1) is 16.4. The van der Waals surface area contributed by atoms with E-state index in [1.165, 1.54) is 12.1 Å². The Morgan fingerprint density at radius 1 is 1.15 bits per heavy atom. The number of nitrogens with zero attached hydrogens (tertiary/aromatic N) is 1. The lowest BCUT2D eigenvalue weighted by Crippen LogP contribution is -2.70. The van der Waals surface area contributed by atoms with E-state index in [9.17, 15) is 14.0 Å². The van der Waals surface area contributed by atoms with Gasteiger partial charge in [0.25, 0.3) is 0 Å². The highest BCUT2D eigenvalue weighted by atomic mass is 19.1. The Hall–Kier alpha value is -3.22. The predicted molar refractivity (Wildman–Crippen MR) is 123 cm³/mol. The number of carbonyl (C=O) groups is 2. The minimum atomic E-state index is -1.27. The van der Waals surface area contributed by atoms with Gasteiger partial charge in [-0.25, -0.2) is 14.0 Å². The summed E-state index contributed by atoms with van der Waals surface area (Å²) < 4.78 is 25.0. The zero-order valence-electron chi connectivity index (χ0n) is 19.0. The number of nitrogens with one attached hydrogen (secondary N) is 1. The van der Waals surface area contributed by atoms with E-state index in [1.807, 2.05) is 31.2 Å². The molecule has 6 rings (SSSR count). The number of benzene rings is 1. The summed E-state index contributed by atoms with van der Waals surface area (Å²) in [7, 11) is 0. The quantitative estimate of drug-likeness (QED) is 0.658. The minimum Gasteiger partial charge on any atom is -0.457 e. The summed E-state index contributed by atoms with van der Waals surface area (Å²) in [4.78, 5) is 30.1. The highest BCUT2D eigenvalue weighted by Gasteiger charge is 2.79. The number of carbonyl (C=O) groups excluding carboxylic acids is 2. The van der Waals surface area contributed by atoms with E-state index in [2.05, 4.69) is 16.4 Å². The molecule has 1 aromatic carbocycles. The maximum absolute atomic E-state index is 13.6. The fourth-order valence-corrected chi connectivity index (χ4v) is 6.95. The Labute approximate surface area is 197 Å². The predicted octanol–water partition coefficient (Wildman–Crippen LogP) is 4.89. The van der Waals surface area contributed by atoms with Gasteiger partial charge in [-0.3, -0.25) is 4.98 Å². The number of esters is 1. The standard InChI is InChI=1S/C27H27FN2O4/c1-16-27-23(12-11-21-10-9-19(15-29-21)17-6-4-7-20(28)13-17)22-8-3-2-5-18(22)14-26(27,24(31)33-16)34-25(32)30-27/h4,6-7,9-13,15-16,18,22-23H,2-3,5,8,14H2,1H3,(H,30,32)/b12-11+/t16-,18+,22-,23+,26-,27-/m1/s1. The second-order valence-corrected chi connectivity index (χ2v) is 10.0.